The standard InChI is InChI=1S/C10H22N2O/c1-11-6-3-10(9-13)4-7-12(2)8-5-10/h11,13H,3-9H2,1-2H3. The van der Waals surface area contributed by atoms with Crippen LogP contribution in [0.25, 0.3) is 0 Å². The van der Waals surface area contributed by atoms with Gasteiger partial charge >= 0.3 is 0 Å². The van der Waals surface area contributed by atoms with Crippen molar-refractivity contribution >= 4 is 0 Å². The second kappa shape index (κ2) is 4.94. The van der Waals surface area contributed by atoms with Crippen molar-refractivity contribution in [1.29, 1.82) is 0 Å². The fourth-order valence-electron chi connectivity index (χ4n) is 1.97. The molecule has 1 heterocycles. The number of hydrogen-bond acceptors (Lipinski definition) is 3. The molecule has 0 amide bonds. The second-order valence-electron chi connectivity index (χ2n) is 4.31. The third-order valence-corrected chi connectivity index (χ3v) is 3.29. The maximum atomic E-state index is 9.41. The lowest BCUT2D eigenvalue weighted by Crippen LogP contribution is -2.41. The average molecular weight is 186 g/mol. The lowest BCUT2D eigenvalue weighted by atomic mass is 9.76. The Hall–Kier alpha value is -0.120. The Morgan fingerprint density at radius 1 is 1.38 bits per heavy atom. The SMILES string of the molecule is CNCCC1(CO)CCN(C)CC1. The molecule has 0 aliphatic carbocycles. The highest BCUT2D eigenvalue weighted by atomic mass is 16.3. The van der Waals surface area contributed by atoms with Crippen molar-refractivity contribution in [3.63, 3.8) is 0 Å². The van der Waals surface area contributed by atoms with Crippen molar-refractivity contribution in [2.24, 2.45) is 5.41 Å². The number of aliphatic hydroxyl groups excluding tert-OH is 1. The maximum absolute atomic E-state index is 9.41. The highest BCUT2D eigenvalue weighted by Gasteiger charge is 2.32. The molecule has 3 nitrogen and oxygen atoms in total. The van der Waals surface area contributed by atoms with Crippen molar-refractivity contribution in [3.05, 3.63) is 0 Å². The molecular formula is C10H22N2O. The van der Waals surface area contributed by atoms with Crippen LogP contribution < -0.4 is 5.32 Å². The van der Waals surface area contributed by atoms with Crippen LogP contribution in [0.4, 0.5) is 0 Å². The van der Waals surface area contributed by atoms with E-state index in [1.165, 1.54) is 0 Å². The minimum absolute atomic E-state index is 0.204. The molecule has 0 unspecified atom stereocenters. The van der Waals surface area contributed by atoms with Crippen LogP contribution in [0.3, 0.4) is 0 Å². The van der Waals surface area contributed by atoms with Gasteiger partial charge in [0.15, 0.2) is 0 Å². The molecule has 0 aromatic heterocycles. The largest absolute Gasteiger partial charge is 0.396 e. The molecule has 13 heavy (non-hydrogen) atoms. The van der Waals surface area contributed by atoms with E-state index in [9.17, 15) is 5.11 Å². The zero-order valence-electron chi connectivity index (χ0n) is 8.84. The van der Waals surface area contributed by atoms with E-state index in [4.69, 9.17) is 0 Å². The first-order chi connectivity index (χ1) is 6.22. The number of aliphatic hydroxyl groups is 1. The number of likely N-dealkylation sites (tertiary alicyclic amines) is 1. The van der Waals surface area contributed by atoms with Gasteiger partial charge in [0, 0.05) is 6.61 Å². The average Bonchev–Trinajstić information content (AvgIpc) is 2.18. The summed E-state index contributed by atoms with van der Waals surface area (Å²) in [5.41, 5.74) is 0.204. The van der Waals surface area contributed by atoms with Crippen molar-refractivity contribution < 1.29 is 5.11 Å². The predicted molar refractivity (Wildman–Crippen MR) is 54.8 cm³/mol. The summed E-state index contributed by atoms with van der Waals surface area (Å²) >= 11 is 0. The van der Waals surface area contributed by atoms with Crippen LogP contribution in [0.15, 0.2) is 0 Å². The molecule has 0 spiro atoms. The summed E-state index contributed by atoms with van der Waals surface area (Å²) < 4.78 is 0. The van der Waals surface area contributed by atoms with Crippen LogP contribution in [-0.4, -0.2) is 50.3 Å². The molecule has 0 radical (unpaired) electrons. The minimum atomic E-state index is 0.204. The monoisotopic (exact) mass is 186 g/mol. The van der Waals surface area contributed by atoms with E-state index in [0.29, 0.717) is 6.61 Å². The van der Waals surface area contributed by atoms with Crippen LogP contribution in [-0.2, 0) is 0 Å². The lowest BCUT2D eigenvalue weighted by Gasteiger charge is -2.39. The molecule has 1 aliphatic heterocycles. The molecule has 0 aromatic rings. The Morgan fingerprint density at radius 3 is 2.46 bits per heavy atom. The fourth-order valence-corrected chi connectivity index (χ4v) is 1.97. The van der Waals surface area contributed by atoms with Crippen LogP contribution in [0.5, 0.6) is 0 Å². The van der Waals surface area contributed by atoms with Crippen molar-refractivity contribution in [2.45, 2.75) is 19.3 Å². The van der Waals surface area contributed by atoms with Crippen LogP contribution in [0.1, 0.15) is 19.3 Å². The molecule has 1 rings (SSSR count). The molecule has 0 atom stereocenters. The van der Waals surface area contributed by atoms with E-state index < -0.39 is 0 Å². The number of nitrogens with one attached hydrogen (secondary N) is 1. The molecule has 0 saturated carbocycles. The van der Waals surface area contributed by atoms with Gasteiger partial charge in [-0.15, -0.1) is 0 Å². The number of hydrogen-bond donors (Lipinski definition) is 2. The van der Waals surface area contributed by atoms with E-state index in [-0.39, 0.29) is 5.41 Å². The Bertz CT molecular complexity index is 136. The molecule has 78 valence electrons. The van der Waals surface area contributed by atoms with E-state index in [0.717, 1.165) is 38.9 Å². The third kappa shape index (κ3) is 2.93. The first kappa shape index (κ1) is 11.0. The molecule has 1 aliphatic rings. The van der Waals surface area contributed by atoms with Gasteiger partial charge in [0.2, 0.25) is 0 Å². The van der Waals surface area contributed by atoms with E-state index in [2.05, 4.69) is 17.3 Å². The summed E-state index contributed by atoms with van der Waals surface area (Å²) in [5.74, 6) is 0. The summed E-state index contributed by atoms with van der Waals surface area (Å²) in [6.07, 6.45) is 3.39. The van der Waals surface area contributed by atoms with Crippen LogP contribution in [0.2, 0.25) is 0 Å². The van der Waals surface area contributed by atoms with Gasteiger partial charge in [-0.05, 0) is 58.4 Å². The van der Waals surface area contributed by atoms with Gasteiger partial charge in [0.05, 0.1) is 0 Å². The first-order valence-electron chi connectivity index (χ1n) is 5.16. The second-order valence-corrected chi connectivity index (χ2v) is 4.31. The van der Waals surface area contributed by atoms with Gasteiger partial charge in [-0.3, -0.25) is 0 Å². The van der Waals surface area contributed by atoms with Gasteiger partial charge in [0.1, 0.15) is 0 Å². The maximum Gasteiger partial charge on any atom is 0.0488 e. The molecule has 3 heteroatoms. The lowest BCUT2D eigenvalue weighted by molar-refractivity contribution is 0.0463. The van der Waals surface area contributed by atoms with E-state index in [1.807, 2.05) is 7.05 Å². The molecule has 2 N–H and O–H groups in total. The Labute approximate surface area is 81.1 Å². The third-order valence-electron chi connectivity index (χ3n) is 3.29. The van der Waals surface area contributed by atoms with Crippen molar-refractivity contribution in [1.82, 2.24) is 10.2 Å². The Kier molecular flexibility index (Phi) is 4.16. The number of nitrogens with zero attached hydrogens (tertiary/aromatic N) is 1. The summed E-state index contributed by atoms with van der Waals surface area (Å²) in [4.78, 5) is 2.34. The first-order valence-corrected chi connectivity index (χ1v) is 5.16. The molecular weight excluding hydrogens is 164 g/mol. The topological polar surface area (TPSA) is 35.5 Å². The van der Waals surface area contributed by atoms with Crippen LogP contribution in [0, 0.1) is 5.41 Å². The zero-order chi connectivity index (χ0) is 9.73. The summed E-state index contributed by atoms with van der Waals surface area (Å²) in [7, 11) is 4.12. The van der Waals surface area contributed by atoms with Gasteiger partial charge in [-0.25, -0.2) is 0 Å². The molecule has 1 fully saturated rings. The summed E-state index contributed by atoms with van der Waals surface area (Å²) in [5, 5.41) is 12.6. The Balaban J connectivity index is 2.40. The quantitative estimate of drug-likeness (QED) is 0.663. The smallest absolute Gasteiger partial charge is 0.0488 e. The summed E-state index contributed by atoms with van der Waals surface area (Å²) in [6, 6.07) is 0. The van der Waals surface area contributed by atoms with E-state index in [1.54, 1.807) is 0 Å². The van der Waals surface area contributed by atoms with E-state index >= 15 is 0 Å². The summed E-state index contributed by atoms with van der Waals surface area (Å²) in [6.45, 7) is 3.63. The van der Waals surface area contributed by atoms with Gasteiger partial charge in [0.25, 0.3) is 0 Å². The van der Waals surface area contributed by atoms with Crippen LogP contribution >= 0.6 is 0 Å². The Morgan fingerprint density at radius 2 is 2.00 bits per heavy atom. The fraction of sp³-hybridized carbons (Fsp3) is 1.00. The highest BCUT2D eigenvalue weighted by Crippen LogP contribution is 2.33. The molecule has 0 bridgehead atoms. The van der Waals surface area contributed by atoms with Gasteiger partial charge in [-0.2, -0.15) is 0 Å². The molecule has 0 aromatic carbocycles. The van der Waals surface area contributed by atoms with Crippen molar-refractivity contribution in [3.8, 4) is 0 Å². The van der Waals surface area contributed by atoms with Crippen molar-refractivity contribution in [2.75, 3.05) is 40.3 Å². The molecule has 1 saturated heterocycles. The predicted octanol–water partition coefficient (Wildman–Crippen LogP) is 0.300. The minimum Gasteiger partial charge on any atom is -0.396 e. The number of rotatable bonds is 4. The zero-order valence-corrected chi connectivity index (χ0v) is 8.84. The van der Waals surface area contributed by atoms with Gasteiger partial charge < -0.3 is 15.3 Å². The highest BCUT2D eigenvalue weighted by molar-refractivity contribution is 4.85. The number of piperidine rings is 1. The van der Waals surface area contributed by atoms with Gasteiger partial charge in [-0.1, -0.05) is 0 Å². The normalized spacial score (nSPS) is 23.3.